The molecule has 1 aliphatic rings. The van der Waals surface area contributed by atoms with Crippen molar-refractivity contribution < 1.29 is 13.2 Å². The van der Waals surface area contributed by atoms with Gasteiger partial charge in [0.15, 0.2) is 9.84 Å². The second-order valence-electron chi connectivity index (χ2n) is 4.79. The number of carbonyl (C=O) groups excluding carboxylic acids is 1. The molecule has 6 heteroatoms. The predicted octanol–water partition coefficient (Wildman–Crippen LogP) is 2.09. The zero-order valence-electron chi connectivity index (χ0n) is 10.7. The normalized spacial score (nSPS) is 20.3. The van der Waals surface area contributed by atoms with Crippen LogP contribution in [-0.2, 0) is 9.84 Å². The maximum absolute atomic E-state index is 12.3. The summed E-state index contributed by atoms with van der Waals surface area (Å²) in [6, 6.07) is 6.13. The molecule has 0 saturated carbocycles. The van der Waals surface area contributed by atoms with Crippen LogP contribution >= 0.6 is 15.9 Å². The van der Waals surface area contributed by atoms with Gasteiger partial charge in [-0.2, -0.15) is 0 Å². The topological polar surface area (TPSA) is 54.5 Å². The summed E-state index contributed by atoms with van der Waals surface area (Å²) >= 11 is 3.53. The summed E-state index contributed by atoms with van der Waals surface area (Å²) in [6.07, 6.45) is 3.23. The third kappa shape index (κ3) is 3.57. The SMILES string of the molecule is CS(=O)(=O)c1ccc(C(=O)N2CCCC(Br)C2)cc1. The molecule has 0 radical (unpaired) electrons. The van der Waals surface area contributed by atoms with Gasteiger partial charge in [-0.3, -0.25) is 4.79 Å². The Morgan fingerprint density at radius 2 is 1.95 bits per heavy atom. The number of hydrogen-bond acceptors (Lipinski definition) is 3. The lowest BCUT2D eigenvalue weighted by atomic mass is 10.1. The van der Waals surface area contributed by atoms with Crippen LogP contribution in [0.25, 0.3) is 0 Å². The number of hydrogen-bond donors (Lipinski definition) is 0. The molecule has 1 aromatic carbocycles. The van der Waals surface area contributed by atoms with Gasteiger partial charge in [-0.25, -0.2) is 8.42 Å². The van der Waals surface area contributed by atoms with E-state index in [0.29, 0.717) is 16.9 Å². The fourth-order valence-electron chi connectivity index (χ4n) is 2.14. The highest BCUT2D eigenvalue weighted by Crippen LogP contribution is 2.19. The molecule has 0 spiro atoms. The molecule has 1 fully saturated rings. The van der Waals surface area contributed by atoms with Gasteiger partial charge in [-0.15, -0.1) is 0 Å². The monoisotopic (exact) mass is 345 g/mol. The number of nitrogens with zero attached hydrogens (tertiary/aromatic N) is 1. The molecule has 104 valence electrons. The Bertz CT molecular complexity index is 568. The van der Waals surface area contributed by atoms with E-state index < -0.39 is 9.84 Å². The van der Waals surface area contributed by atoms with Gasteiger partial charge in [0.2, 0.25) is 0 Å². The van der Waals surface area contributed by atoms with E-state index in [0.717, 1.165) is 25.6 Å². The van der Waals surface area contributed by atoms with Gasteiger partial charge in [0.05, 0.1) is 4.90 Å². The van der Waals surface area contributed by atoms with Gasteiger partial charge < -0.3 is 4.90 Å². The Hall–Kier alpha value is -0.880. The minimum Gasteiger partial charge on any atom is -0.338 e. The third-order valence-electron chi connectivity index (χ3n) is 3.18. The van der Waals surface area contributed by atoms with Crippen LogP contribution in [0.1, 0.15) is 23.2 Å². The fourth-order valence-corrected chi connectivity index (χ4v) is 3.44. The van der Waals surface area contributed by atoms with Gasteiger partial charge in [0, 0.05) is 29.7 Å². The highest BCUT2D eigenvalue weighted by molar-refractivity contribution is 9.09. The molecule has 0 N–H and O–H groups in total. The van der Waals surface area contributed by atoms with E-state index in [1.165, 1.54) is 12.1 Å². The van der Waals surface area contributed by atoms with Crippen molar-refractivity contribution in [2.45, 2.75) is 22.6 Å². The average Bonchev–Trinajstić information content (AvgIpc) is 2.37. The number of rotatable bonds is 2. The van der Waals surface area contributed by atoms with E-state index in [1.54, 1.807) is 17.0 Å². The maximum Gasteiger partial charge on any atom is 0.253 e. The molecule has 0 aliphatic carbocycles. The van der Waals surface area contributed by atoms with E-state index in [2.05, 4.69) is 15.9 Å². The first-order valence-corrected chi connectivity index (χ1v) is 8.92. The molecular formula is C13H16BrNO3S. The minimum atomic E-state index is -3.21. The number of halogens is 1. The molecule has 4 nitrogen and oxygen atoms in total. The van der Waals surface area contributed by atoms with Crippen molar-refractivity contribution >= 4 is 31.7 Å². The molecule has 1 unspecified atom stereocenters. The summed E-state index contributed by atoms with van der Waals surface area (Å²) in [5, 5.41) is 0. The number of carbonyl (C=O) groups is 1. The minimum absolute atomic E-state index is 0.0378. The predicted molar refractivity (Wildman–Crippen MR) is 77.4 cm³/mol. The first-order chi connectivity index (χ1) is 8.88. The number of benzene rings is 1. The van der Waals surface area contributed by atoms with E-state index in [-0.39, 0.29) is 10.8 Å². The number of amides is 1. The van der Waals surface area contributed by atoms with Crippen LogP contribution < -0.4 is 0 Å². The average molecular weight is 346 g/mol. The van der Waals surface area contributed by atoms with Crippen molar-refractivity contribution in [3.63, 3.8) is 0 Å². The molecule has 1 atom stereocenters. The molecule has 1 amide bonds. The summed E-state index contributed by atoms with van der Waals surface area (Å²) in [5.41, 5.74) is 0.536. The Balaban J connectivity index is 2.16. The zero-order chi connectivity index (χ0) is 14.0. The summed E-state index contributed by atoms with van der Waals surface area (Å²) in [4.78, 5) is 14.7. The second-order valence-corrected chi connectivity index (χ2v) is 8.10. The molecule has 1 saturated heterocycles. The van der Waals surface area contributed by atoms with Gasteiger partial charge >= 0.3 is 0 Å². The van der Waals surface area contributed by atoms with Crippen molar-refractivity contribution in [2.75, 3.05) is 19.3 Å². The molecule has 19 heavy (non-hydrogen) atoms. The Morgan fingerprint density at radius 3 is 2.47 bits per heavy atom. The lowest BCUT2D eigenvalue weighted by Gasteiger charge is -2.30. The number of piperidine rings is 1. The van der Waals surface area contributed by atoms with Crippen LogP contribution in [0.5, 0.6) is 0 Å². The lowest BCUT2D eigenvalue weighted by Crippen LogP contribution is -2.40. The van der Waals surface area contributed by atoms with Gasteiger partial charge in [-0.1, -0.05) is 15.9 Å². The van der Waals surface area contributed by atoms with Crippen molar-refractivity contribution in [3.05, 3.63) is 29.8 Å². The van der Waals surface area contributed by atoms with Crippen molar-refractivity contribution in [2.24, 2.45) is 0 Å². The largest absolute Gasteiger partial charge is 0.338 e. The molecule has 1 aliphatic heterocycles. The van der Waals surface area contributed by atoms with Crippen molar-refractivity contribution in [1.82, 2.24) is 4.90 Å². The molecule has 0 aromatic heterocycles. The Kier molecular flexibility index (Phi) is 4.30. The highest BCUT2D eigenvalue weighted by atomic mass is 79.9. The van der Waals surface area contributed by atoms with Crippen molar-refractivity contribution in [1.29, 1.82) is 0 Å². The number of alkyl halides is 1. The zero-order valence-corrected chi connectivity index (χ0v) is 13.1. The number of sulfone groups is 1. The fraction of sp³-hybridized carbons (Fsp3) is 0.462. The smallest absolute Gasteiger partial charge is 0.253 e. The molecular weight excluding hydrogens is 330 g/mol. The van der Waals surface area contributed by atoms with E-state index in [4.69, 9.17) is 0 Å². The van der Waals surface area contributed by atoms with Gasteiger partial charge in [0.25, 0.3) is 5.91 Å². The summed E-state index contributed by atoms with van der Waals surface area (Å²) in [7, 11) is -3.21. The highest BCUT2D eigenvalue weighted by Gasteiger charge is 2.23. The molecule has 1 aromatic rings. The quantitative estimate of drug-likeness (QED) is 0.771. The van der Waals surface area contributed by atoms with E-state index in [9.17, 15) is 13.2 Å². The van der Waals surface area contributed by atoms with Crippen LogP contribution in [-0.4, -0.2) is 43.4 Å². The van der Waals surface area contributed by atoms with Gasteiger partial charge in [-0.05, 0) is 37.1 Å². The summed E-state index contributed by atoms with van der Waals surface area (Å²) < 4.78 is 22.7. The number of likely N-dealkylation sites (tertiary alicyclic amines) is 1. The molecule has 2 rings (SSSR count). The van der Waals surface area contributed by atoms with E-state index in [1.807, 2.05) is 0 Å². The Morgan fingerprint density at radius 1 is 1.32 bits per heavy atom. The molecule has 1 heterocycles. The van der Waals surface area contributed by atoms with Crippen LogP contribution in [0.4, 0.5) is 0 Å². The van der Waals surface area contributed by atoms with Crippen LogP contribution in [0.15, 0.2) is 29.2 Å². The van der Waals surface area contributed by atoms with Crippen LogP contribution in [0.2, 0.25) is 0 Å². The third-order valence-corrected chi connectivity index (χ3v) is 5.06. The first kappa shape index (κ1) is 14.5. The van der Waals surface area contributed by atoms with Crippen LogP contribution in [0, 0.1) is 0 Å². The van der Waals surface area contributed by atoms with E-state index >= 15 is 0 Å². The standard InChI is InChI=1S/C13H16BrNO3S/c1-19(17,18)12-6-4-10(5-7-12)13(16)15-8-2-3-11(14)9-15/h4-7,11H,2-3,8-9H2,1H3. The lowest BCUT2D eigenvalue weighted by molar-refractivity contribution is 0.0730. The second kappa shape index (κ2) is 5.63. The summed E-state index contributed by atoms with van der Waals surface area (Å²) in [6.45, 7) is 1.46. The van der Waals surface area contributed by atoms with Gasteiger partial charge in [0.1, 0.15) is 0 Å². The van der Waals surface area contributed by atoms with Crippen LogP contribution in [0.3, 0.4) is 0 Å². The molecule has 0 bridgehead atoms. The Labute approximate surface area is 121 Å². The summed E-state index contributed by atoms with van der Waals surface area (Å²) in [5.74, 6) is -0.0378. The first-order valence-electron chi connectivity index (χ1n) is 6.11. The maximum atomic E-state index is 12.3. The van der Waals surface area contributed by atoms with Crippen molar-refractivity contribution in [3.8, 4) is 0 Å².